The number of aryl methyl sites for hydroxylation is 1. The molecule has 1 aromatic heterocycles. The van der Waals surface area contributed by atoms with Crippen molar-refractivity contribution in [2.75, 3.05) is 6.54 Å². The Bertz CT molecular complexity index is 517. The molecule has 1 heterocycles. The molecule has 2 aromatic rings. The minimum Gasteiger partial charge on any atom is -0.350 e. The molecule has 94 valence electrons. The predicted molar refractivity (Wildman–Crippen MR) is 73.4 cm³/mol. The Labute approximate surface area is 114 Å². The third-order valence-electron chi connectivity index (χ3n) is 2.52. The van der Waals surface area contributed by atoms with Crippen molar-refractivity contribution < 1.29 is 4.79 Å². The van der Waals surface area contributed by atoms with Crippen LogP contribution in [0.3, 0.4) is 0 Å². The molecule has 0 atom stereocenters. The van der Waals surface area contributed by atoms with Gasteiger partial charge in [0.1, 0.15) is 0 Å². The molecule has 0 aliphatic carbocycles. The van der Waals surface area contributed by atoms with E-state index in [1.54, 1.807) is 12.5 Å². The Hall–Kier alpha value is -1.62. The molecule has 2 rings (SSSR count). The first-order valence-electron chi connectivity index (χ1n) is 5.66. The third kappa shape index (κ3) is 3.43. The van der Waals surface area contributed by atoms with Crippen LogP contribution in [0, 0.1) is 6.92 Å². The number of imidazole rings is 1. The van der Waals surface area contributed by atoms with E-state index in [1.165, 1.54) is 0 Å². The van der Waals surface area contributed by atoms with Crippen LogP contribution >= 0.6 is 15.9 Å². The zero-order valence-corrected chi connectivity index (χ0v) is 11.6. The van der Waals surface area contributed by atoms with Gasteiger partial charge >= 0.3 is 0 Å². The molecule has 1 amide bonds. The lowest BCUT2D eigenvalue weighted by molar-refractivity contribution is 0.0952. The molecule has 0 aliphatic rings. The van der Waals surface area contributed by atoms with Crippen molar-refractivity contribution in [3.63, 3.8) is 0 Å². The molecule has 0 unspecified atom stereocenters. The lowest BCUT2D eigenvalue weighted by atomic mass is 10.1. The van der Waals surface area contributed by atoms with E-state index in [9.17, 15) is 4.79 Å². The number of hydrogen-bond acceptors (Lipinski definition) is 2. The Balaban J connectivity index is 1.91. The summed E-state index contributed by atoms with van der Waals surface area (Å²) < 4.78 is 2.84. The lowest BCUT2D eigenvalue weighted by Gasteiger charge is -2.07. The van der Waals surface area contributed by atoms with E-state index < -0.39 is 0 Å². The molecule has 0 saturated carbocycles. The summed E-state index contributed by atoms with van der Waals surface area (Å²) in [5, 5.41) is 2.88. The maximum absolute atomic E-state index is 11.9. The minimum atomic E-state index is -0.0560. The van der Waals surface area contributed by atoms with Gasteiger partial charge in [-0.05, 0) is 30.7 Å². The van der Waals surface area contributed by atoms with E-state index in [0.717, 1.165) is 16.6 Å². The highest BCUT2D eigenvalue weighted by Crippen LogP contribution is 2.15. The summed E-state index contributed by atoms with van der Waals surface area (Å²) in [5.74, 6) is -0.0560. The molecule has 4 nitrogen and oxygen atoms in total. The van der Waals surface area contributed by atoms with Crippen LogP contribution in [-0.4, -0.2) is 22.0 Å². The maximum Gasteiger partial charge on any atom is 0.251 e. The van der Waals surface area contributed by atoms with Crippen molar-refractivity contribution in [1.82, 2.24) is 14.9 Å². The van der Waals surface area contributed by atoms with Crippen LogP contribution in [0.15, 0.2) is 41.4 Å². The van der Waals surface area contributed by atoms with E-state index in [0.29, 0.717) is 12.1 Å². The fourth-order valence-electron chi connectivity index (χ4n) is 1.69. The van der Waals surface area contributed by atoms with Crippen LogP contribution in [0.5, 0.6) is 0 Å². The van der Waals surface area contributed by atoms with Crippen molar-refractivity contribution in [2.24, 2.45) is 0 Å². The molecule has 1 N–H and O–H groups in total. The number of nitrogens with zero attached hydrogens (tertiary/aromatic N) is 2. The molecule has 0 bridgehead atoms. The van der Waals surface area contributed by atoms with Gasteiger partial charge in [0.2, 0.25) is 0 Å². The van der Waals surface area contributed by atoms with Gasteiger partial charge in [-0.15, -0.1) is 0 Å². The van der Waals surface area contributed by atoms with Crippen LogP contribution < -0.4 is 5.32 Å². The first-order valence-corrected chi connectivity index (χ1v) is 6.45. The summed E-state index contributed by atoms with van der Waals surface area (Å²) in [4.78, 5) is 15.9. The second-order valence-corrected chi connectivity index (χ2v) is 4.99. The van der Waals surface area contributed by atoms with Crippen LogP contribution in [0.4, 0.5) is 0 Å². The standard InChI is InChI=1S/C13H14BrN3O/c1-10-6-11(8-12(14)7-10)13(18)16-3-5-17-4-2-15-9-17/h2,4,6-9H,3,5H2,1H3,(H,16,18). The Kier molecular flexibility index (Phi) is 4.15. The molecule has 0 spiro atoms. The molecule has 5 heteroatoms. The summed E-state index contributed by atoms with van der Waals surface area (Å²) in [7, 11) is 0. The van der Waals surface area contributed by atoms with Gasteiger partial charge in [-0.2, -0.15) is 0 Å². The second kappa shape index (κ2) is 5.82. The monoisotopic (exact) mass is 307 g/mol. The second-order valence-electron chi connectivity index (χ2n) is 4.07. The Morgan fingerprint density at radius 3 is 2.94 bits per heavy atom. The quantitative estimate of drug-likeness (QED) is 0.942. The van der Waals surface area contributed by atoms with Crippen molar-refractivity contribution in [1.29, 1.82) is 0 Å². The first-order chi connectivity index (χ1) is 8.65. The normalized spacial score (nSPS) is 10.3. The molecule has 0 aliphatic heterocycles. The van der Waals surface area contributed by atoms with E-state index in [4.69, 9.17) is 0 Å². The van der Waals surface area contributed by atoms with E-state index in [-0.39, 0.29) is 5.91 Å². The molecule has 0 saturated heterocycles. The van der Waals surface area contributed by atoms with Gasteiger partial charge in [0, 0.05) is 35.5 Å². The van der Waals surface area contributed by atoms with E-state index in [2.05, 4.69) is 26.2 Å². The van der Waals surface area contributed by atoms with Crippen LogP contribution in [0.1, 0.15) is 15.9 Å². The highest BCUT2D eigenvalue weighted by atomic mass is 79.9. The number of carbonyl (C=O) groups is 1. The fraction of sp³-hybridized carbons (Fsp3) is 0.231. The highest BCUT2D eigenvalue weighted by molar-refractivity contribution is 9.10. The highest BCUT2D eigenvalue weighted by Gasteiger charge is 2.06. The maximum atomic E-state index is 11.9. The zero-order valence-electron chi connectivity index (χ0n) is 10.1. The minimum absolute atomic E-state index is 0.0560. The van der Waals surface area contributed by atoms with Gasteiger partial charge in [0.15, 0.2) is 0 Å². The molecule has 1 aromatic carbocycles. The van der Waals surface area contributed by atoms with Crippen molar-refractivity contribution in [2.45, 2.75) is 13.5 Å². The largest absolute Gasteiger partial charge is 0.350 e. The predicted octanol–water partition coefficient (Wildman–Crippen LogP) is 2.38. The number of halogens is 1. The number of benzene rings is 1. The van der Waals surface area contributed by atoms with Crippen molar-refractivity contribution in [3.8, 4) is 0 Å². The number of hydrogen-bond donors (Lipinski definition) is 1. The molecular weight excluding hydrogens is 294 g/mol. The first kappa shape index (κ1) is 12.8. The summed E-state index contributed by atoms with van der Waals surface area (Å²) >= 11 is 3.39. The summed E-state index contributed by atoms with van der Waals surface area (Å²) in [6.45, 7) is 3.27. The van der Waals surface area contributed by atoms with Crippen molar-refractivity contribution >= 4 is 21.8 Å². The average Bonchev–Trinajstić information content (AvgIpc) is 2.80. The van der Waals surface area contributed by atoms with Gasteiger partial charge in [-0.25, -0.2) is 4.98 Å². The van der Waals surface area contributed by atoms with Gasteiger partial charge in [0.05, 0.1) is 6.33 Å². The Morgan fingerprint density at radius 2 is 2.28 bits per heavy atom. The van der Waals surface area contributed by atoms with Crippen LogP contribution in [-0.2, 0) is 6.54 Å². The summed E-state index contributed by atoms with van der Waals surface area (Å²) in [6, 6.07) is 5.67. The summed E-state index contributed by atoms with van der Waals surface area (Å²) in [6.07, 6.45) is 5.32. The lowest BCUT2D eigenvalue weighted by Crippen LogP contribution is -2.27. The number of carbonyl (C=O) groups excluding carboxylic acids is 1. The SMILES string of the molecule is Cc1cc(Br)cc(C(=O)NCCn2ccnc2)c1. The Morgan fingerprint density at radius 1 is 1.44 bits per heavy atom. The molecule has 0 fully saturated rings. The van der Waals surface area contributed by atoms with Gasteiger partial charge in [-0.1, -0.05) is 15.9 Å². The fourth-order valence-corrected chi connectivity index (χ4v) is 2.29. The van der Waals surface area contributed by atoms with Gasteiger partial charge < -0.3 is 9.88 Å². The zero-order chi connectivity index (χ0) is 13.0. The number of aromatic nitrogens is 2. The summed E-state index contributed by atoms with van der Waals surface area (Å²) in [5.41, 5.74) is 1.73. The number of amides is 1. The van der Waals surface area contributed by atoms with Crippen molar-refractivity contribution in [3.05, 3.63) is 52.5 Å². The van der Waals surface area contributed by atoms with E-state index in [1.807, 2.05) is 35.9 Å². The van der Waals surface area contributed by atoms with E-state index >= 15 is 0 Å². The average molecular weight is 308 g/mol. The molecule has 18 heavy (non-hydrogen) atoms. The molecule has 0 radical (unpaired) electrons. The smallest absolute Gasteiger partial charge is 0.251 e. The number of nitrogens with one attached hydrogen (secondary N) is 1. The van der Waals surface area contributed by atoms with Gasteiger partial charge in [-0.3, -0.25) is 4.79 Å². The van der Waals surface area contributed by atoms with Crippen LogP contribution in [0.2, 0.25) is 0 Å². The third-order valence-corrected chi connectivity index (χ3v) is 2.98. The topological polar surface area (TPSA) is 46.9 Å². The number of rotatable bonds is 4. The van der Waals surface area contributed by atoms with Crippen LogP contribution in [0.25, 0.3) is 0 Å². The van der Waals surface area contributed by atoms with Gasteiger partial charge in [0.25, 0.3) is 5.91 Å². The molecular formula is C13H14BrN3O.